The summed E-state index contributed by atoms with van der Waals surface area (Å²) >= 11 is 0. The Hall–Kier alpha value is -0.237. The molecule has 2 aliphatic carbocycles. The van der Waals surface area contributed by atoms with Crippen molar-refractivity contribution in [1.29, 1.82) is 0 Å². The molecule has 0 aromatic heterocycles. The fourth-order valence-electron chi connectivity index (χ4n) is 0.680. The van der Waals surface area contributed by atoms with Gasteiger partial charge in [0.2, 0.25) is 0 Å². The maximum atomic E-state index is 8.06. The molecule has 0 unspecified atom stereocenters. The molecule has 0 spiro atoms. The van der Waals surface area contributed by atoms with Crippen LogP contribution in [0.15, 0.2) is 36.5 Å². The van der Waals surface area contributed by atoms with Gasteiger partial charge in [0.25, 0.3) is 0 Å². The maximum Gasteiger partial charge on any atom is 2.00 e. The molecule has 0 heterocycles. The third-order valence-electron chi connectivity index (χ3n) is 1.17. The van der Waals surface area contributed by atoms with Gasteiger partial charge in [-0.3, -0.25) is 12.2 Å². The summed E-state index contributed by atoms with van der Waals surface area (Å²) in [5.41, 5.74) is 0. The van der Waals surface area contributed by atoms with Gasteiger partial charge in [-0.25, -0.2) is 24.3 Å². The second-order valence-corrected chi connectivity index (χ2v) is 4.19. The average Bonchev–Trinajstić information content (AvgIpc) is 2.96. The fraction of sp³-hybridized carbons (Fsp3) is 0.500. The summed E-state index contributed by atoms with van der Waals surface area (Å²) in [5, 5.41) is 16.1. The molecule has 0 saturated heterocycles. The molecule has 0 fully saturated rings. The van der Waals surface area contributed by atoms with Crippen LogP contribution in [-0.4, -0.2) is 22.4 Å². The minimum atomic E-state index is -0.167. The molecule has 0 amide bonds. The minimum absolute atomic E-state index is 0. The zero-order valence-corrected chi connectivity index (χ0v) is 14.9. The molecule has 0 aromatic rings. The van der Waals surface area contributed by atoms with Gasteiger partial charge in [-0.1, -0.05) is 0 Å². The summed E-state index contributed by atoms with van der Waals surface area (Å²) < 4.78 is 0. The Kier molecular flexibility index (Phi) is 25.2. The molecule has 0 bridgehead atoms. The maximum absolute atomic E-state index is 8.06. The van der Waals surface area contributed by atoms with E-state index in [0.29, 0.717) is 0 Å². The third-order valence-corrected chi connectivity index (χ3v) is 1.17. The van der Waals surface area contributed by atoms with Crippen LogP contribution in [-0.2, 0) is 26.2 Å². The Morgan fingerprint density at radius 3 is 1.11 bits per heavy atom. The Morgan fingerprint density at radius 2 is 1.05 bits per heavy atom. The van der Waals surface area contributed by atoms with Crippen LogP contribution in [0.1, 0.15) is 40.5 Å². The molecule has 2 N–H and O–H groups in total. The molecular formula is C16H26O2Zr. The van der Waals surface area contributed by atoms with Crippen LogP contribution in [0.25, 0.3) is 0 Å². The quantitative estimate of drug-likeness (QED) is 0.663. The molecule has 19 heavy (non-hydrogen) atoms. The molecule has 3 heteroatoms. The second-order valence-electron chi connectivity index (χ2n) is 4.19. The van der Waals surface area contributed by atoms with Crippen molar-refractivity contribution in [3.63, 3.8) is 0 Å². The standard InChI is InChI=1S/2C5H5.2C3H8O.Zr/c2*1-2-4-5-3-1;2*1-3(2)4;/h2*1-3H,4H2;2*3-4H,1-2H3;/q2*-1;;;+2. The van der Waals surface area contributed by atoms with Gasteiger partial charge in [-0.05, 0) is 27.7 Å². The summed E-state index contributed by atoms with van der Waals surface area (Å²) in [7, 11) is 0. The van der Waals surface area contributed by atoms with E-state index in [0.717, 1.165) is 12.8 Å². The third kappa shape index (κ3) is 46.3. The van der Waals surface area contributed by atoms with E-state index in [9.17, 15) is 0 Å². The molecule has 0 aromatic carbocycles. The zero-order valence-electron chi connectivity index (χ0n) is 12.4. The Labute approximate surface area is 137 Å². The number of allylic oxidation sites excluding steroid dienone is 8. The Balaban J connectivity index is -0.000000178. The molecule has 106 valence electrons. The van der Waals surface area contributed by atoms with E-state index in [4.69, 9.17) is 10.2 Å². The fourth-order valence-corrected chi connectivity index (χ4v) is 0.680. The number of rotatable bonds is 0. The van der Waals surface area contributed by atoms with Crippen molar-refractivity contribution in [2.75, 3.05) is 0 Å². The van der Waals surface area contributed by atoms with E-state index < -0.39 is 0 Å². The summed E-state index contributed by atoms with van der Waals surface area (Å²) in [6.07, 6.45) is 19.7. The van der Waals surface area contributed by atoms with E-state index in [-0.39, 0.29) is 38.4 Å². The summed E-state index contributed by atoms with van der Waals surface area (Å²) in [6, 6.07) is 0. The topological polar surface area (TPSA) is 40.5 Å². The molecule has 0 aliphatic heterocycles. The smallest absolute Gasteiger partial charge is 0.394 e. The molecule has 0 radical (unpaired) electrons. The predicted octanol–water partition coefficient (Wildman–Crippen LogP) is 3.38. The Bertz CT molecular complexity index is 210. The molecule has 2 rings (SSSR count). The molecule has 2 nitrogen and oxygen atoms in total. The largest absolute Gasteiger partial charge is 2.00 e. The van der Waals surface area contributed by atoms with Crippen molar-refractivity contribution >= 4 is 0 Å². The van der Waals surface area contributed by atoms with Crippen molar-refractivity contribution < 1.29 is 36.4 Å². The van der Waals surface area contributed by atoms with Crippen LogP contribution >= 0.6 is 0 Å². The molecule has 0 saturated carbocycles. The van der Waals surface area contributed by atoms with Crippen molar-refractivity contribution in [3.8, 4) is 0 Å². The van der Waals surface area contributed by atoms with E-state index in [1.165, 1.54) is 0 Å². The first-order valence-electron chi connectivity index (χ1n) is 6.26. The SMILES string of the molecule is CC(C)O.CC(C)O.[C-]1=CC=CC1.[C-]1=CC=CC1.[Zr+2]. The van der Waals surface area contributed by atoms with Crippen LogP contribution in [0.4, 0.5) is 0 Å². The number of aliphatic hydroxyl groups excluding tert-OH is 2. The van der Waals surface area contributed by atoms with Gasteiger partial charge in [0.1, 0.15) is 0 Å². The van der Waals surface area contributed by atoms with Crippen LogP contribution in [0.3, 0.4) is 0 Å². The minimum Gasteiger partial charge on any atom is -0.394 e. The summed E-state index contributed by atoms with van der Waals surface area (Å²) in [5.74, 6) is 0. The first-order chi connectivity index (χ1) is 8.46. The van der Waals surface area contributed by atoms with E-state index in [2.05, 4.69) is 24.3 Å². The van der Waals surface area contributed by atoms with Crippen molar-refractivity contribution in [2.24, 2.45) is 0 Å². The van der Waals surface area contributed by atoms with E-state index >= 15 is 0 Å². The molecular weight excluding hydrogens is 315 g/mol. The van der Waals surface area contributed by atoms with Crippen molar-refractivity contribution in [3.05, 3.63) is 48.6 Å². The van der Waals surface area contributed by atoms with Crippen LogP contribution in [0, 0.1) is 12.2 Å². The number of aliphatic hydroxyl groups is 2. The summed E-state index contributed by atoms with van der Waals surface area (Å²) in [4.78, 5) is 0. The van der Waals surface area contributed by atoms with Crippen molar-refractivity contribution in [2.45, 2.75) is 52.7 Å². The van der Waals surface area contributed by atoms with Crippen LogP contribution < -0.4 is 0 Å². The normalized spacial score (nSPS) is 13.1. The van der Waals surface area contributed by atoms with Gasteiger partial charge < -0.3 is 10.2 Å². The van der Waals surface area contributed by atoms with Crippen LogP contribution in [0.5, 0.6) is 0 Å². The number of hydrogen-bond donors (Lipinski definition) is 2. The number of hydrogen-bond acceptors (Lipinski definition) is 2. The van der Waals surface area contributed by atoms with Gasteiger partial charge in [-0.15, -0.1) is 12.8 Å². The second kappa shape index (κ2) is 20.1. The monoisotopic (exact) mass is 340 g/mol. The first kappa shape index (κ1) is 23.8. The van der Waals surface area contributed by atoms with Gasteiger partial charge in [0.15, 0.2) is 0 Å². The summed E-state index contributed by atoms with van der Waals surface area (Å²) in [6.45, 7) is 6.89. The Morgan fingerprint density at radius 1 is 0.789 bits per heavy atom. The van der Waals surface area contributed by atoms with E-state index in [1.807, 2.05) is 24.3 Å². The van der Waals surface area contributed by atoms with Gasteiger partial charge in [-0.2, -0.15) is 12.2 Å². The van der Waals surface area contributed by atoms with Gasteiger partial charge in [0, 0.05) is 12.2 Å². The zero-order chi connectivity index (χ0) is 14.2. The predicted molar refractivity (Wildman–Crippen MR) is 77.8 cm³/mol. The average molecular weight is 342 g/mol. The first-order valence-corrected chi connectivity index (χ1v) is 6.26. The molecule has 0 atom stereocenters. The van der Waals surface area contributed by atoms with Gasteiger partial charge in [0.05, 0.1) is 0 Å². The van der Waals surface area contributed by atoms with Crippen LogP contribution in [0.2, 0.25) is 0 Å². The van der Waals surface area contributed by atoms with E-state index in [1.54, 1.807) is 27.7 Å². The van der Waals surface area contributed by atoms with Crippen molar-refractivity contribution in [1.82, 2.24) is 0 Å². The molecule has 2 aliphatic rings. The van der Waals surface area contributed by atoms with Gasteiger partial charge >= 0.3 is 26.2 Å².